The summed E-state index contributed by atoms with van der Waals surface area (Å²) in [5, 5.41) is 4.53. The van der Waals surface area contributed by atoms with Crippen LogP contribution in [0.2, 0.25) is 0 Å². The van der Waals surface area contributed by atoms with Crippen molar-refractivity contribution in [1.29, 1.82) is 0 Å². The molecule has 8 heteroatoms. The van der Waals surface area contributed by atoms with Crippen molar-refractivity contribution in [1.82, 2.24) is 19.5 Å². The maximum absolute atomic E-state index is 14.2. The van der Waals surface area contributed by atoms with Crippen LogP contribution < -0.4 is 0 Å². The Hall–Kier alpha value is -3.71. The molecule has 142 valence electrons. The van der Waals surface area contributed by atoms with Crippen LogP contribution in [0.4, 0.5) is 10.1 Å². The summed E-state index contributed by atoms with van der Waals surface area (Å²) in [6.07, 6.45) is 7.71. The van der Waals surface area contributed by atoms with Crippen LogP contribution in [-0.4, -0.2) is 19.5 Å². The second kappa shape index (κ2) is 7.37. The Morgan fingerprint density at radius 2 is 2.07 bits per heavy atom. The largest absolute Gasteiger partial charge is 0.313 e. The third-order valence-corrected chi connectivity index (χ3v) is 4.48. The Morgan fingerprint density at radius 1 is 1.24 bits per heavy atom. The number of rotatable bonds is 5. The van der Waals surface area contributed by atoms with E-state index in [4.69, 9.17) is 11.6 Å². The fourth-order valence-electron chi connectivity index (χ4n) is 3.15. The highest BCUT2D eigenvalue weighted by molar-refractivity contribution is 6.31. The van der Waals surface area contributed by atoms with Gasteiger partial charge in [0, 0.05) is 46.2 Å². The van der Waals surface area contributed by atoms with Gasteiger partial charge >= 0.3 is 0 Å². The quantitative estimate of drug-likeness (QED) is 0.302. The Morgan fingerprint density at radius 3 is 2.79 bits per heavy atom. The fourth-order valence-corrected chi connectivity index (χ4v) is 3.26. The highest BCUT2D eigenvalue weighted by Crippen LogP contribution is 2.34. The van der Waals surface area contributed by atoms with Crippen molar-refractivity contribution >= 4 is 44.8 Å². The molecule has 0 atom stereocenters. The first-order valence-corrected chi connectivity index (χ1v) is 8.83. The number of hydrogen-bond donors (Lipinski definition) is 0. The van der Waals surface area contributed by atoms with Gasteiger partial charge in [-0.05, 0) is 35.5 Å². The molecule has 0 fully saturated rings. The van der Waals surface area contributed by atoms with Crippen LogP contribution in [0.15, 0.2) is 84.3 Å². The number of halogens is 2. The van der Waals surface area contributed by atoms with Gasteiger partial charge in [-0.15, -0.1) is 4.91 Å². The molecule has 4 rings (SSSR count). The molecule has 0 bridgehead atoms. The van der Waals surface area contributed by atoms with Gasteiger partial charge in [-0.1, -0.05) is 24.8 Å². The monoisotopic (exact) mass is 405 g/mol. The SMILES string of the molecule is C=C(Cl)/C=C(\C(=C)F)c1cc(-n2cc(N=O)c3cnccc32)c2cccnc2n1. The molecule has 4 heterocycles. The zero-order valence-electron chi connectivity index (χ0n) is 15.0. The smallest absolute Gasteiger partial charge is 0.161 e. The molecule has 29 heavy (non-hydrogen) atoms. The highest BCUT2D eigenvalue weighted by Gasteiger charge is 2.17. The average molecular weight is 406 g/mol. The first-order valence-electron chi connectivity index (χ1n) is 8.45. The molecule has 0 amide bonds. The number of pyridine rings is 3. The van der Waals surface area contributed by atoms with Gasteiger partial charge in [0.25, 0.3) is 0 Å². The van der Waals surface area contributed by atoms with Gasteiger partial charge in [0.2, 0.25) is 0 Å². The molecule has 0 radical (unpaired) electrons. The van der Waals surface area contributed by atoms with Crippen molar-refractivity contribution in [3.05, 3.63) is 89.7 Å². The fraction of sp³-hybridized carbons (Fsp3) is 0. The number of nitroso groups, excluding NO2 is 1. The van der Waals surface area contributed by atoms with Crippen LogP contribution in [0, 0.1) is 4.91 Å². The van der Waals surface area contributed by atoms with Gasteiger partial charge in [-0.2, -0.15) is 0 Å². The Balaban J connectivity index is 2.09. The normalized spacial score (nSPS) is 11.7. The van der Waals surface area contributed by atoms with E-state index in [2.05, 4.69) is 33.3 Å². The summed E-state index contributed by atoms with van der Waals surface area (Å²) in [5.74, 6) is -0.711. The minimum atomic E-state index is -0.711. The van der Waals surface area contributed by atoms with E-state index >= 15 is 0 Å². The lowest BCUT2D eigenvalue weighted by Gasteiger charge is -2.12. The minimum absolute atomic E-state index is 0.0886. The van der Waals surface area contributed by atoms with E-state index in [1.54, 1.807) is 47.6 Å². The lowest BCUT2D eigenvalue weighted by molar-refractivity contribution is 0.677. The van der Waals surface area contributed by atoms with E-state index in [0.29, 0.717) is 27.6 Å². The first kappa shape index (κ1) is 18.6. The second-order valence-electron chi connectivity index (χ2n) is 6.18. The van der Waals surface area contributed by atoms with Crippen molar-refractivity contribution in [3.63, 3.8) is 0 Å². The predicted molar refractivity (Wildman–Crippen MR) is 113 cm³/mol. The lowest BCUT2D eigenvalue weighted by atomic mass is 10.1. The number of hydrogen-bond acceptors (Lipinski definition) is 5. The van der Waals surface area contributed by atoms with Gasteiger partial charge in [0.05, 0.1) is 16.9 Å². The molecule has 0 N–H and O–H groups in total. The van der Waals surface area contributed by atoms with Crippen LogP contribution in [0.3, 0.4) is 0 Å². The van der Waals surface area contributed by atoms with Crippen molar-refractivity contribution in [2.75, 3.05) is 0 Å². The van der Waals surface area contributed by atoms with E-state index in [9.17, 15) is 9.30 Å². The second-order valence-corrected chi connectivity index (χ2v) is 6.66. The molecule has 0 aliphatic rings. The van der Waals surface area contributed by atoms with E-state index < -0.39 is 5.83 Å². The number of allylic oxidation sites excluding steroid dienone is 4. The number of aromatic nitrogens is 4. The Bertz CT molecular complexity index is 1340. The molecule has 0 aliphatic carbocycles. The van der Waals surface area contributed by atoms with E-state index in [1.165, 1.54) is 6.08 Å². The van der Waals surface area contributed by atoms with E-state index in [-0.39, 0.29) is 22.0 Å². The topological polar surface area (TPSA) is 73.0 Å². The van der Waals surface area contributed by atoms with Crippen LogP contribution >= 0.6 is 11.6 Å². The van der Waals surface area contributed by atoms with Crippen molar-refractivity contribution in [3.8, 4) is 5.69 Å². The average Bonchev–Trinajstić information content (AvgIpc) is 3.09. The maximum atomic E-state index is 14.2. The summed E-state index contributed by atoms with van der Waals surface area (Å²) in [5.41, 5.74) is 2.34. The van der Waals surface area contributed by atoms with Gasteiger partial charge < -0.3 is 4.57 Å². The van der Waals surface area contributed by atoms with Gasteiger partial charge in [0.1, 0.15) is 11.5 Å². The zero-order valence-corrected chi connectivity index (χ0v) is 15.8. The van der Waals surface area contributed by atoms with E-state index in [1.807, 2.05) is 6.07 Å². The van der Waals surface area contributed by atoms with Gasteiger partial charge in [-0.25, -0.2) is 14.4 Å². The van der Waals surface area contributed by atoms with Crippen molar-refractivity contribution in [2.24, 2.45) is 5.18 Å². The number of fused-ring (bicyclic) bond motifs is 2. The molecule has 0 aliphatic heterocycles. The first-order chi connectivity index (χ1) is 14.0. The van der Waals surface area contributed by atoms with Crippen molar-refractivity contribution in [2.45, 2.75) is 0 Å². The summed E-state index contributed by atoms with van der Waals surface area (Å²) in [6.45, 7) is 6.95. The predicted octanol–water partition coefficient (Wildman–Crippen LogP) is 5.99. The molecule has 0 saturated carbocycles. The molecule has 4 aromatic rings. The molecular formula is C21H13ClFN5O. The molecule has 0 spiro atoms. The summed E-state index contributed by atoms with van der Waals surface area (Å²) in [7, 11) is 0. The standard InChI is InChI=1S/C21H13ClFN5O/c1-12(22)8-15(13(2)23)17-9-20(14-4-3-6-25-21(14)26-17)28-11-18(27-29)16-10-24-7-5-19(16)28/h3-11H,1-2H2/b15-8+. The molecular weight excluding hydrogens is 393 g/mol. The summed E-state index contributed by atoms with van der Waals surface area (Å²) in [4.78, 5) is 24.1. The molecule has 0 aromatic carbocycles. The van der Waals surface area contributed by atoms with Gasteiger partial charge in [0.15, 0.2) is 5.65 Å². The van der Waals surface area contributed by atoms with Crippen LogP contribution in [-0.2, 0) is 0 Å². The maximum Gasteiger partial charge on any atom is 0.161 e. The van der Waals surface area contributed by atoms with E-state index in [0.717, 1.165) is 0 Å². The molecule has 6 nitrogen and oxygen atoms in total. The zero-order chi connectivity index (χ0) is 20.5. The van der Waals surface area contributed by atoms with Gasteiger partial charge in [-0.3, -0.25) is 4.98 Å². The molecule has 0 saturated heterocycles. The Labute approximate surface area is 169 Å². The van der Waals surface area contributed by atoms with Crippen LogP contribution in [0.5, 0.6) is 0 Å². The summed E-state index contributed by atoms with van der Waals surface area (Å²) in [6, 6.07) is 7.04. The minimum Gasteiger partial charge on any atom is -0.313 e. The third kappa shape index (κ3) is 3.32. The summed E-state index contributed by atoms with van der Waals surface area (Å²) < 4.78 is 15.9. The lowest BCUT2D eigenvalue weighted by Crippen LogP contribution is -2.00. The molecule has 4 aromatic heterocycles. The Kier molecular flexibility index (Phi) is 4.74. The third-order valence-electron chi connectivity index (χ3n) is 4.37. The highest BCUT2D eigenvalue weighted by atomic mass is 35.5. The molecule has 0 unspecified atom stereocenters. The van der Waals surface area contributed by atoms with Crippen LogP contribution in [0.1, 0.15) is 5.69 Å². The van der Waals surface area contributed by atoms with Crippen molar-refractivity contribution < 1.29 is 4.39 Å². The van der Waals surface area contributed by atoms with Crippen LogP contribution in [0.25, 0.3) is 33.2 Å². The number of nitrogens with zero attached hydrogens (tertiary/aromatic N) is 5. The summed E-state index contributed by atoms with van der Waals surface area (Å²) >= 11 is 5.86.